The Hall–Kier alpha value is -2.83. The number of anilines is 1. The summed E-state index contributed by atoms with van der Waals surface area (Å²) in [5, 5.41) is 25.2. The van der Waals surface area contributed by atoms with Crippen LogP contribution in [0.5, 0.6) is 11.5 Å². The molecule has 2 unspecified atom stereocenters. The number of aryl methyl sites for hydroxylation is 1. The number of phenolic OH excluding ortho intramolecular Hbond substituents is 1. The van der Waals surface area contributed by atoms with E-state index in [4.69, 9.17) is 4.74 Å². The summed E-state index contributed by atoms with van der Waals surface area (Å²) >= 11 is 0. The number of likely N-dealkylation sites (tertiary alicyclic amines) is 1. The summed E-state index contributed by atoms with van der Waals surface area (Å²) in [7, 11) is 1.60. The highest BCUT2D eigenvalue weighted by atomic mass is 16.5. The monoisotopic (exact) mass is 490 g/mol. The summed E-state index contributed by atoms with van der Waals surface area (Å²) in [5.41, 5.74) is 2.81. The van der Waals surface area contributed by atoms with Gasteiger partial charge in [-0.15, -0.1) is 0 Å². The van der Waals surface area contributed by atoms with Crippen LogP contribution in [0.2, 0.25) is 0 Å². The van der Waals surface area contributed by atoms with Crippen molar-refractivity contribution in [3.05, 3.63) is 65.2 Å². The third-order valence-corrected chi connectivity index (χ3v) is 8.64. The van der Waals surface area contributed by atoms with E-state index in [0.29, 0.717) is 23.4 Å². The van der Waals surface area contributed by atoms with Crippen molar-refractivity contribution in [1.82, 2.24) is 4.90 Å². The van der Waals surface area contributed by atoms with Crippen LogP contribution in [0.3, 0.4) is 0 Å². The second-order valence-electron chi connectivity index (χ2n) is 10.8. The standard InChI is InChI=1S/C30H38N2O4/c1-4-21-12-13-25(33)28(36-3)27(21)30-14-15-32(18-20-10-11-20)19(2)24(30)16-23(26(34)17-30)29(35)31-22-8-6-5-7-9-22/h5-9,12-13,16,19-20,24,26,33-34H,4,10-11,14-15,17-18H2,1-3H3,(H,31,35)/t19-,24?,26?,30+/m1/s1. The number of nitrogens with zero attached hydrogens (tertiary/aromatic N) is 1. The normalized spacial score (nSPS) is 28.2. The van der Waals surface area contributed by atoms with Crippen LogP contribution in [0.4, 0.5) is 5.69 Å². The summed E-state index contributed by atoms with van der Waals surface area (Å²) in [4.78, 5) is 15.9. The zero-order chi connectivity index (χ0) is 25.4. The molecule has 0 aromatic heterocycles. The lowest BCUT2D eigenvalue weighted by atomic mass is 9.56. The molecule has 2 aliphatic carbocycles. The second kappa shape index (κ2) is 9.91. The number of amides is 1. The molecule has 36 heavy (non-hydrogen) atoms. The lowest BCUT2D eigenvalue weighted by Gasteiger charge is -2.55. The topological polar surface area (TPSA) is 82.0 Å². The van der Waals surface area contributed by atoms with Crippen molar-refractivity contribution in [2.45, 2.75) is 63.5 Å². The molecule has 4 atom stereocenters. The molecule has 5 rings (SSSR count). The van der Waals surface area contributed by atoms with Gasteiger partial charge in [0.1, 0.15) is 0 Å². The molecule has 6 heteroatoms. The number of nitrogens with one attached hydrogen (secondary N) is 1. The van der Waals surface area contributed by atoms with Gasteiger partial charge >= 0.3 is 0 Å². The van der Waals surface area contributed by atoms with Crippen LogP contribution in [0, 0.1) is 11.8 Å². The number of ether oxygens (including phenoxy) is 1. The molecular weight excluding hydrogens is 452 g/mol. The highest BCUT2D eigenvalue weighted by Gasteiger charge is 2.54. The molecule has 1 heterocycles. The fourth-order valence-electron chi connectivity index (χ4n) is 6.59. The molecule has 0 bridgehead atoms. The first-order chi connectivity index (χ1) is 17.4. The number of benzene rings is 2. The van der Waals surface area contributed by atoms with Gasteiger partial charge in [0.2, 0.25) is 0 Å². The number of hydrogen-bond donors (Lipinski definition) is 3. The Morgan fingerprint density at radius 2 is 1.94 bits per heavy atom. The number of phenols is 1. The van der Waals surface area contributed by atoms with Gasteiger partial charge in [0.05, 0.1) is 13.2 Å². The van der Waals surface area contributed by atoms with Gasteiger partial charge in [-0.25, -0.2) is 0 Å². The molecule has 2 fully saturated rings. The Morgan fingerprint density at radius 3 is 2.61 bits per heavy atom. The van der Waals surface area contributed by atoms with E-state index in [2.05, 4.69) is 24.1 Å². The maximum absolute atomic E-state index is 13.4. The smallest absolute Gasteiger partial charge is 0.253 e. The number of para-hydroxylation sites is 1. The van der Waals surface area contributed by atoms with Crippen molar-refractivity contribution in [3.8, 4) is 11.5 Å². The van der Waals surface area contributed by atoms with Crippen LogP contribution in [-0.2, 0) is 16.6 Å². The van der Waals surface area contributed by atoms with Gasteiger partial charge in [0.25, 0.3) is 5.91 Å². The zero-order valence-electron chi connectivity index (χ0n) is 21.5. The third-order valence-electron chi connectivity index (χ3n) is 8.64. The summed E-state index contributed by atoms with van der Waals surface area (Å²) in [6.07, 6.45) is 5.74. The van der Waals surface area contributed by atoms with Crippen molar-refractivity contribution < 1.29 is 19.7 Å². The van der Waals surface area contributed by atoms with Crippen LogP contribution in [-0.4, -0.2) is 53.4 Å². The Bertz CT molecular complexity index is 1140. The van der Waals surface area contributed by atoms with E-state index in [-0.39, 0.29) is 23.6 Å². The largest absolute Gasteiger partial charge is 0.504 e. The van der Waals surface area contributed by atoms with Crippen LogP contribution >= 0.6 is 0 Å². The highest BCUT2D eigenvalue weighted by Crippen LogP contribution is 2.55. The van der Waals surface area contributed by atoms with E-state index in [9.17, 15) is 15.0 Å². The minimum Gasteiger partial charge on any atom is -0.504 e. The van der Waals surface area contributed by atoms with E-state index in [1.807, 2.05) is 42.5 Å². The molecule has 3 aliphatic rings. The van der Waals surface area contributed by atoms with Gasteiger partial charge in [-0.3, -0.25) is 9.69 Å². The lowest BCUT2D eigenvalue weighted by molar-refractivity contribution is -0.114. The molecular formula is C30H38N2O4. The van der Waals surface area contributed by atoms with Crippen molar-refractivity contribution in [1.29, 1.82) is 0 Å². The van der Waals surface area contributed by atoms with Crippen LogP contribution in [0.1, 0.15) is 50.7 Å². The first kappa shape index (κ1) is 24.8. The molecule has 2 aromatic rings. The zero-order valence-corrected chi connectivity index (χ0v) is 21.5. The van der Waals surface area contributed by atoms with Crippen LogP contribution in [0.25, 0.3) is 0 Å². The average molecular weight is 491 g/mol. The van der Waals surface area contributed by atoms with Gasteiger partial charge in [0, 0.05) is 40.7 Å². The number of fused-ring (bicyclic) bond motifs is 1. The summed E-state index contributed by atoms with van der Waals surface area (Å²) in [6.45, 7) is 6.36. The van der Waals surface area contributed by atoms with E-state index in [0.717, 1.165) is 43.0 Å². The summed E-state index contributed by atoms with van der Waals surface area (Å²) < 4.78 is 5.80. The maximum atomic E-state index is 13.4. The van der Waals surface area contributed by atoms with Crippen LogP contribution < -0.4 is 10.1 Å². The fourth-order valence-corrected chi connectivity index (χ4v) is 6.59. The molecule has 0 spiro atoms. The first-order valence-electron chi connectivity index (χ1n) is 13.3. The first-order valence-corrected chi connectivity index (χ1v) is 13.3. The number of carbonyl (C=O) groups excluding carboxylic acids is 1. The summed E-state index contributed by atoms with van der Waals surface area (Å²) in [6, 6.07) is 13.2. The van der Waals surface area contributed by atoms with E-state index >= 15 is 0 Å². The number of aliphatic hydroxyl groups excluding tert-OH is 1. The lowest BCUT2D eigenvalue weighted by Crippen LogP contribution is -2.58. The van der Waals surface area contributed by atoms with E-state index in [1.54, 1.807) is 13.2 Å². The second-order valence-corrected chi connectivity index (χ2v) is 10.8. The van der Waals surface area contributed by atoms with Gasteiger partial charge in [0.15, 0.2) is 11.5 Å². The summed E-state index contributed by atoms with van der Waals surface area (Å²) in [5.74, 6) is 1.12. The van der Waals surface area contributed by atoms with Gasteiger partial charge < -0.3 is 20.3 Å². The number of hydrogen-bond acceptors (Lipinski definition) is 5. The van der Waals surface area contributed by atoms with Gasteiger partial charge in [-0.2, -0.15) is 0 Å². The van der Waals surface area contributed by atoms with Crippen molar-refractivity contribution >= 4 is 11.6 Å². The SMILES string of the molecule is CCc1ccc(O)c(OC)c1[C@]12CCN(CC3CC3)[C@H](C)C1C=C(C(=O)Nc1ccccc1)C(O)C2. The Balaban J connectivity index is 1.60. The Kier molecular flexibility index (Phi) is 6.84. The molecule has 1 amide bonds. The Labute approximate surface area is 214 Å². The maximum Gasteiger partial charge on any atom is 0.253 e. The highest BCUT2D eigenvalue weighted by molar-refractivity contribution is 6.04. The predicted molar refractivity (Wildman–Crippen MR) is 141 cm³/mol. The van der Waals surface area contributed by atoms with Crippen LogP contribution in [0.15, 0.2) is 54.1 Å². The van der Waals surface area contributed by atoms with E-state index in [1.165, 1.54) is 12.8 Å². The molecule has 0 radical (unpaired) electrons. The molecule has 1 aliphatic heterocycles. The molecule has 1 saturated heterocycles. The minimum absolute atomic E-state index is 0.00840. The number of rotatable bonds is 7. The van der Waals surface area contributed by atoms with Gasteiger partial charge in [-0.1, -0.05) is 37.3 Å². The molecule has 6 nitrogen and oxygen atoms in total. The number of carbonyl (C=O) groups is 1. The number of aromatic hydroxyl groups is 1. The van der Waals surface area contributed by atoms with Crippen molar-refractivity contribution in [3.63, 3.8) is 0 Å². The number of piperidine rings is 1. The molecule has 192 valence electrons. The average Bonchev–Trinajstić information content (AvgIpc) is 3.70. The predicted octanol–water partition coefficient (Wildman–Crippen LogP) is 4.65. The molecule has 3 N–H and O–H groups in total. The number of aliphatic hydroxyl groups is 1. The quantitative estimate of drug-likeness (QED) is 0.526. The molecule has 1 saturated carbocycles. The van der Waals surface area contributed by atoms with E-state index < -0.39 is 11.5 Å². The van der Waals surface area contributed by atoms with Crippen molar-refractivity contribution in [2.75, 3.05) is 25.5 Å². The third kappa shape index (κ3) is 4.41. The Morgan fingerprint density at radius 1 is 1.19 bits per heavy atom. The minimum atomic E-state index is -0.913. The fraction of sp³-hybridized carbons (Fsp3) is 0.500. The number of methoxy groups -OCH3 is 1. The van der Waals surface area contributed by atoms with Gasteiger partial charge in [-0.05, 0) is 75.3 Å². The van der Waals surface area contributed by atoms with Crippen molar-refractivity contribution in [2.24, 2.45) is 11.8 Å². The molecule has 2 aromatic carbocycles.